The summed E-state index contributed by atoms with van der Waals surface area (Å²) in [6, 6.07) is 0.127. The van der Waals surface area contributed by atoms with Gasteiger partial charge in [0.25, 0.3) is 0 Å². The smallest absolute Gasteiger partial charge is 0.317 e. The highest BCUT2D eigenvalue weighted by Gasteiger charge is 2.22. The summed E-state index contributed by atoms with van der Waals surface area (Å²) < 4.78 is 0. The average molecular weight is 269 g/mol. The molecule has 0 unspecified atom stereocenters. The highest BCUT2D eigenvalue weighted by molar-refractivity contribution is 5.77. The van der Waals surface area contributed by atoms with Gasteiger partial charge in [-0.2, -0.15) is 0 Å². The van der Waals surface area contributed by atoms with Crippen molar-refractivity contribution in [2.75, 3.05) is 26.2 Å². The summed E-state index contributed by atoms with van der Waals surface area (Å²) in [7, 11) is 0. The quantitative estimate of drug-likeness (QED) is 0.847. The van der Waals surface area contributed by atoms with Crippen molar-refractivity contribution in [1.29, 1.82) is 0 Å². The maximum atomic E-state index is 12.0. The molecule has 1 heterocycles. The molecule has 0 aromatic heterocycles. The van der Waals surface area contributed by atoms with Crippen LogP contribution in [-0.2, 0) is 4.79 Å². The van der Waals surface area contributed by atoms with Gasteiger partial charge in [-0.1, -0.05) is 13.8 Å². The molecule has 1 aliphatic rings. The second-order valence-corrected chi connectivity index (χ2v) is 5.92. The van der Waals surface area contributed by atoms with E-state index < -0.39 is 0 Å². The normalized spacial score (nSPS) is 16.7. The van der Waals surface area contributed by atoms with E-state index in [-0.39, 0.29) is 18.0 Å². The fourth-order valence-electron chi connectivity index (χ4n) is 2.19. The van der Waals surface area contributed by atoms with E-state index in [1.807, 2.05) is 23.6 Å². The Labute approximate surface area is 116 Å². The van der Waals surface area contributed by atoms with Gasteiger partial charge in [-0.25, -0.2) is 4.79 Å². The number of urea groups is 1. The van der Waals surface area contributed by atoms with Gasteiger partial charge in [0.05, 0.1) is 0 Å². The van der Waals surface area contributed by atoms with Crippen LogP contribution in [0.25, 0.3) is 0 Å². The van der Waals surface area contributed by atoms with Crippen molar-refractivity contribution in [1.82, 2.24) is 15.1 Å². The minimum Gasteiger partial charge on any atom is -0.341 e. The molecular formula is C14H27N3O2. The number of rotatable bonds is 3. The lowest BCUT2D eigenvalue weighted by atomic mass is 10.1. The highest BCUT2D eigenvalue weighted by Crippen LogP contribution is 2.09. The molecule has 19 heavy (non-hydrogen) atoms. The fourth-order valence-corrected chi connectivity index (χ4v) is 2.19. The van der Waals surface area contributed by atoms with Crippen LogP contribution in [0.1, 0.15) is 40.5 Å². The summed E-state index contributed by atoms with van der Waals surface area (Å²) >= 11 is 0. The Hall–Kier alpha value is -1.26. The van der Waals surface area contributed by atoms with Crippen molar-refractivity contribution in [3.63, 3.8) is 0 Å². The van der Waals surface area contributed by atoms with Crippen LogP contribution in [0, 0.1) is 5.92 Å². The number of nitrogens with one attached hydrogen (secondary N) is 1. The minimum atomic E-state index is -0.0202. The molecule has 0 aliphatic carbocycles. The zero-order chi connectivity index (χ0) is 14.4. The van der Waals surface area contributed by atoms with E-state index in [4.69, 9.17) is 0 Å². The van der Waals surface area contributed by atoms with Crippen LogP contribution >= 0.6 is 0 Å². The molecule has 1 rings (SSSR count). The molecule has 5 heteroatoms. The van der Waals surface area contributed by atoms with E-state index in [9.17, 15) is 9.59 Å². The minimum absolute atomic E-state index is 0.0202. The molecule has 0 aromatic rings. The zero-order valence-electron chi connectivity index (χ0n) is 12.6. The Kier molecular flexibility index (Phi) is 6.12. The maximum Gasteiger partial charge on any atom is 0.317 e. The zero-order valence-corrected chi connectivity index (χ0v) is 12.6. The van der Waals surface area contributed by atoms with E-state index >= 15 is 0 Å². The molecule has 0 spiro atoms. The molecule has 3 amide bonds. The third-order valence-electron chi connectivity index (χ3n) is 3.13. The maximum absolute atomic E-state index is 12.0. The predicted molar refractivity (Wildman–Crippen MR) is 75.9 cm³/mol. The predicted octanol–water partition coefficient (Wildman–Crippen LogP) is 1.68. The first kappa shape index (κ1) is 15.8. The van der Waals surface area contributed by atoms with Gasteiger partial charge in [0.15, 0.2) is 0 Å². The van der Waals surface area contributed by atoms with Crippen LogP contribution in [0.4, 0.5) is 4.79 Å². The monoisotopic (exact) mass is 269 g/mol. The van der Waals surface area contributed by atoms with Crippen molar-refractivity contribution >= 4 is 11.9 Å². The first-order valence-corrected chi connectivity index (χ1v) is 7.23. The molecule has 1 N–H and O–H groups in total. The van der Waals surface area contributed by atoms with E-state index in [0.717, 1.165) is 19.5 Å². The second-order valence-electron chi connectivity index (χ2n) is 5.92. The average Bonchev–Trinajstić information content (AvgIpc) is 2.52. The Balaban J connectivity index is 2.47. The van der Waals surface area contributed by atoms with E-state index in [2.05, 4.69) is 19.2 Å². The van der Waals surface area contributed by atoms with Gasteiger partial charge in [-0.05, 0) is 26.2 Å². The number of carbonyl (C=O) groups is 2. The summed E-state index contributed by atoms with van der Waals surface area (Å²) in [5, 5.41) is 2.90. The van der Waals surface area contributed by atoms with Gasteiger partial charge in [-0.3, -0.25) is 4.79 Å². The molecule has 5 nitrogen and oxygen atoms in total. The topological polar surface area (TPSA) is 52.7 Å². The van der Waals surface area contributed by atoms with Gasteiger partial charge >= 0.3 is 6.03 Å². The highest BCUT2D eigenvalue weighted by atomic mass is 16.2. The fraction of sp³-hybridized carbons (Fsp3) is 0.857. The molecule has 1 fully saturated rings. The molecule has 0 aromatic carbocycles. The SMILES string of the molecule is CC(C)CC(=O)N1CCCN(C(=O)NC(C)C)CC1. The van der Waals surface area contributed by atoms with Gasteiger partial charge in [0.1, 0.15) is 0 Å². The van der Waals surface area contributed by atoms with Gasteiger partial charge in [0.2, 0.25) is 5.91 Å². The molecule has 110 valence electrons. The van der Waals surface area contributed by atoms with Crippen LogP contribution in [0.15, 0.2) is 0 Å². The van der Waals surface area contributed by atoms with Crippen molar-refractivity contribution in [3.05, 3.63) is 0 Å². The first-order valence-electron chi connectivity index (χ1n) is 7.23. The van der Waals surface area contributed by atoms with Crippen LogP contribution in [0.2, 0.25) is 0 Å². The van der Waals surface area contributed by atoms with E-state index in [1.54, 1.807) is 0 Å². The van der Waals surface area contributed by atoms with Gasteiger partial charge in [-0.15, -0.1) is 0 Å². The molecule has 0 bridgehead atoms. The number of hydrogen-bond acceptors (Lipinski definition) is 2. The summed E-state index contributed by atoms with van der Waals surface area (Å²) in [5.41, 5.74) is 0. The van der Waals surface area contributed by atoms with Crippen LogP contribution in [0.3, 0.4) is 0 Å². The van der Waals surface area contributed by atoms with Crippen LogP contribution in [-0.4, -0.2) is 54.0 Å². The molecular weight excluding hydrogens is 242 g/mol. The lowest BCUT2D eigenvalue weighted by Crippen LogP contribution is -2.44. The first-order chi connectivity index (χ1) is 8.90. The second kappa shape index (κ2) is 7.36. The number of carbonyl (C=O) groups excluding carboxylic acids is 2. The van der Waals surface area contributed by atoms with Crippen molar-refractivity contribution in [2.24, 2.45) is 5.92 Å². The third kappa shape index (κ3) is 5.49. The number of nitrogens with zero attached hydrogens (tertiary/aromatic N) is 2. The van der Waals surface area contributed by atoms with Gasteiger partial charge < -0.3 is 15.1 Å². The van der Waals surface area contributed by atoms with E-state index in [1.165, 1.54) is 0 Å². The van der Waals surface area contributed by atoms with Crippen molar-refractivity contribution in [3.8, 4) is 0 Å². The number of amides is 3. The summed E-state index contributed by atoms with van der Waals surface area (Å²) in [5.74, 6) is 0.595. The lowest BCUT2D eigenvalue weighted by molar-refractivity contribution is -0.131. The Morgan fingerprint density at radius 2 is 1.58 bits per heavy atom. The Morgan fingerprint density at radius 1 is 1.00 bits per heavy atom. The van der Waals surface area contributed by atoms with Crippen LogP contribution < -0.4 is 5.32 Å². The van der Waals surface area contributed by atoms with Crippen molar-refractivity contribution < 1.29 is 9.59 Å². The molecule has 0 radical (unpaired) electrons. The standard InChI is InChI=1S/C14H27N3O2/c1-11(2)10-13(18)16-6-5-7-17(9-8-16)14(19)15-12(3)4/h11-12H,5-10H2,1-4H3,(H,15,19). The summed E-state index contributed by atoms with van der Waals surface area (Å²) in [6.07, 6.45) is 1.45. The molecule has 0 atom stereocenters. The molecule has 1 aliphatic heterocycles. The third-order valence-corrected chi connectivity index (χ3v) is 3.13. The van der Waals surface area contributed by atoms with Crippen LogP contribution in [0.5, 0.6) is 0 Å². The van der Waals surface area contributed by atoms with Gasteiger partial charge in [0, 0.05) is 38.6 Å². The Bertz CT molecular complexity index is 286. The van der Waals surface area contributed by atoms with E-state index in [0.29, 0.717) is 25.4 Å². The summed E-state index contributed by atoms with van der Waals surface area (Å²) in [4.78, 5) is 27.6. The lowest BCUT2D eigenvalue weighted by Gasteiger charge is -2.23. The molecule has 1 saturated heterocycles. The Morgan fingerprint density at radius 3 is 2.16 bits per heavy atom. The summed E-state index contributed by atoms with van der Waals surface area (Å²) in [6.45, 7) is 10.8. The van der Waals surface area contributed by atoms with Crippen molar-refractivity contribution in [2.45, 2.75) is 46.6 Å². The number of hydrogen-bond donors (Lipinski definition) is 1. The largest absolute Gasteiger partial charge is 0.341 e. The molecule has 0 saturated carbocycles.